The molecular formula is C20H22N2O+2. The highest BCUT2D eigenvalue weighted by atomic mass is 16.5. The van der Waals surface area contributed by atoms with E-state index in [-0.39, 0.29) is 0 Å². The third-order valence-corrected chi connectivity index (χ3v) is 3.88. The van der Waals surface area contributed by atoms with Crippen LogP contribution in [0.4, 0.5) is 0 Å². The normalized spacial score (nSPS) is 10.7. The van der Waals surface area contributed by atoms with Gasteiger partial charge in [0.05, 0.1) is 0 Å². The van der Waals surface area contributed by atoms with E-state index < -0.39 is 0 Å². The zero-order chi connectivity index (χ0) is 15.9. The van der Waals surface area contributed by atoms with Crippen LogP contribution in [0.15, 0.2) is 79.4 Å². The van der Waals surface area contributed by atoms with Crippen LogP contribution < -0.4 is 9.13 Å². The van der Waals surface area contributed by atoms with E-state index in [1.165, 1.54) is 16.7 Å². The van der Waals surface area contributed by atoms with E-state index in [2.05, 4.69) is 82.5 Å². The summed E-state index contributed by atoms with van der Waals surface area (Å²) < 4.78 is 9.42. The molecule has 0 saturated heterocycles. The molecule has 2 aromatic heterocycles. The predicted octanol–water partition coefficient (Wildman–Crippen LogP) is 2.62. The molecule has 116 valence electrons. The van der Waals surface area contributed by atoms with E-state index in [9.17, 15) is 0 Å². The Morgan fingerprint density at radius 2 is 1.30 bits per heavy atom. The molecule has 3 heteroatoms. The summed E-state index contributed by atoms with van der Waals surface area (Å²) >= 11 is 0. The van der Waals surface area contributed by atoms with E-state index in [4.69, 9.17) is 4.74 Å². The van der Waals surface area contributed by atoms with Gasteiger partial charge in [0, 0.05) is 36.9 Å². The van der Waals surface area contributed by atoms with Crippen LogP contribution in [0.2, 0.25) is 0 Å². The Kier molecular flexibility index (Phi) is 5.12. The second kappa shape index (κ2) is 7.65. The molecule has 3 aromatic rings. The third kappa shape index (κ3) is 4.24. The first kappa shape index (κ1) is 15.4. The van der Waals surface area contributed by atoms with Crippen molar-refractivity contribution in [1.82, 2.24) is 0 Å². The highest BCUT2D eigenvalue weighted by Crippen LogP contribution is 2.15. The van der Waals surface area contributed by atoms with Crippen molar-refractivity contribution in [2.45, 2.75) is 13.1 Å². The van der Waals surface area contributed by atoms with Gasteiger partial charge in [-0.3, -0.25) is 0 Å². The van der Waals surface area contributed by atoms with Gasteiger partial charge in [-0.05, 0) is 11.1 Å². The van der Waals surface area contributed by atoms with Gasteiger partial charge in [-0.25, -0.2) is 9.13 Å². The second-order valence-corrected chi connectivity index (χ2v) is 5.56. The zero-order valence-corrected chi connectivity index (χ0v) is 13.4. The number of rotatable bonds is 6. The third-order valence-electron chi connectivity index (χ3n) is 3.88. The van der Waals surface area contributed by atoms with Crippen LogP contribution in [0.5, 0.6) is 0 Å². The maximum Gasteiger partial charge on any atom is 0.173 e. The number of ether oxygens (including phenoxy) is 1. The molecule has 23 heavy (non-hydrogen) atoms. The van der Waals surface area contributed by atoms with Crippen molar-refractivity contribution in [3.8, 4) is 11.1 Å². The number of aromatic nitrogens is 2. The largest absolute Gasteiger partial charge is 0.378 e. The molecule has 3 nitrogen and oxygen atoms in total. The summed E-state index contributed by atoms with van der Waals surface area (Å²) in [4.78, 5) is 0. The minimum Gasteiger partial charge on any atom is -0.378 e. The van der Waals surface area contributed by atoms with Gasteiger partial charge in [-0.1, -0.05) is 30.3 Å². The number of nitrogens with zero attached hydrogens (tertiary/aromatic N) is 2. The van der Waals surface area contributed by atoms with E-state index in [0.29, 0.717) is 0 Å². The smallest absolute Gasteiger partial charge is 0.173 e. The number of benzene rings is 1. The van der Waals surface area contributed by atoms with Crippen LogP contribution in [0, 0.1) is 0 Å². The molecule has 0 spiro atoms. The van der Waals surface area contributed by atoms with Crippen molar-refractivity contribution in [3.63, 3.8) is 0 Å². The van der Waals surface area contributed by atoms with Gasteiger partial charge in [0.25, 0.3) is 0 Å². The lowest BCUT2D eigenvalue weighted by Gasteiger charge is -2.02. The Labute approximate surface area is 137 Å². The fraction of sp³-hybridized carbons (Fsp3) is 0.200. The highest BCUT2D eigenvalue weighted by Gasteiger charge is 2.06. The Bertz CT molecular complexity index is 722. The number of pyridine rings is 2. The molecule has 0 saturated carbocycles. The Morgan fingerprint density at radius 3 is 1.87 bits per heavy atom. The van der Waals surface area contributed by atoms with Crippen LogP contribution in [0.1, 0.15) is 5.56 Å². The molecule has 2 heterocycles. The summed E-state index contributed by atoms with van der Waals surface area (Å²) in [6.07, 6.45) is 8.46. The molecule has 3 rings (SSSR count). The molecule has 1 aromatic carbocycles. The van der Waals surface area contributed by atoms with Crippen LogP contribution in [-0.2, 0) is 17.8 Å². The van der Waals surface area contributed by atoms with Crippen molar-refractivity contribution in [2.24, 2.45) is 0 Å². The van der Waals surface area contributed by atoms with E-state index in [0.717, 1.165) is 19.7 Å². The van der Waals surface area contributed by atoms with Gasteiger partial charge in [0.15, 0.2) is 37.9 Å². The van der Waals surface area contributed by atoms with Gasteiger partial charge in [0.1, 0.15) is 6.61 Å². The minimum atomic E-state index is 0.731. The molecule has 0 fully saturated rings. The zero-order valence-electron chi connectivity index (χ0n) is 13.4. The Morgan fingerprint density at radius 1 is 0.739 bits per heavy atom. The lowest BCUT2D eigenvalue weighted by Crippen LogP contribution is -2.34. The standard InChI is InChI=1S/C20H22N2O/c1-23-16-15-21-11-7-19(8-12-21)20-9-13-22(14-10-20)17-18-5-3-2-4-6-18/h2-14H,15-17H2,1H3/q+2. The van der Waals surface area contributed by atoms with E-state index >= 15 is 0 Å². The maximum absolute atomic E-state index is 5.10. The topological polar surface area (TPSA) is 17.0 Å². The van der Waals surface area contributed by atoms with Crippen molar-refractivity contribution in [2.75, 3.05) is 13.7 Å². The summed E-state index contributed by atoms with van der Waals surface area (Å²) in [7, 11) is 1.73. The average Bonchev–Trinajstić information content (AvgIpc) is 2.62. The second-order valence-electron chi connectivity index (χ2n) is 5.56. The van der Waals surface area contributed by atoms with Gasteiger partial charge in [-0.2, -0.15) is 0 Å². The first-order valence-electron chi connectivity index (χ1n) is 7.86. The molecule has 0 bridgehead atoms. The molecule has 0 aliphatic heterocycles. The van der Waals surface area contributed by atoms with Crippen molar-refractivity contribution >= 4 is 0 Å². The number of hydrogen-bond acceptors (Lipinski definition) is 1. The highest BCUT2D eigenvalue weighted by molar-refractivity contribution is 5.60. The first-order chi connectivity index (χ1) is 11.3. The molecule has 0 aliphatic rings. The fourth-order valence-electron chi connectivity index (χ4n) is 2.54. The van der Waals surface area contributed by atoms with Gasteiger partial charge in [0.2, 0.25) is 0 Å². The summed E-state index contributed by atoms with van der Waals surface area (Å²) in [5.74, 6) is 0. The molecule has 0 amide bonds. The lowest BCUT2D eigenvalue weighted by atomic mass is 10.1. The number of methoxy groups -OCH3 is 1. The minimum absolute atomic E-state index is 0.731. The van der Waals surface area contributed by atoms with Crippen molar-refractivity contribution < 1.29 is 13.9 Å². The van der Waals surface area contributed by atoms with Crippen LogP contribution >= 0.6 is 0 Å². The summed E-state index contributed by atoms with van der Waals surface area (Å²) in [5.41, 5.74) is 3.77. The molecular weight excluding hydrogens is 284 g/mol. The monoisotopic (exact) mass is 306 g/mol. The van der Waals surface area contributed by atoms with Crippen LogP contribution in [0.3, 0.4) is 0 Å². The SMILES string of the molecule is COCC[n+]1ccc(-c2cc[n+](Cc3ccccc3)cc2)cc1. The lowest BCUT2D eigenvalue weighted by molar-refractivity contribution is -0.698. The summed E-state index contributed by atoms with van der Waals surface area (Å²) in [6.45, 7) is 2.50. The fourth-order valence-corrected chi connectivity index (χ4v) is 2.54. The Balaban J connectivity index is 1.69. The molecule has 0 unspecified atom stereocenters. The molecule has 0 N–H and O–H groups in total. The average molecular weight is 306 g/mol. The van der Waals surface area contributed by atoms with E-state index in [1.54, 1.807) is 7.11 Å². The molecule has 0 aliphatic carbocycles. The van der Waals surface area contributed by atoms with Crippen LogP contribution in [0.25, 0.3) is 11.1 Å². The first-order valence-corrected chi connectivity index (χ1v) is 7.86. The van der Waals surface area contributed by atoms with Gasteiger partial charge < -0.3 is 4.74 Å². The summed E-state index contributed by atoms with van der Waals surface area (Å²) in [5, 5.41) is 0. The van der Waals surface area contributed by atoms with Gasteiger partial charge >= 0.3 is 0 Å². The number of hydrogen-bond donors (Lipinski definition) is 0. The van der Waals surface area contributed by atoms with Crippen molar-refractivity contribution in [3.05, 3.63) is 84.9 Å². The predicted molar refractivity (Wildman–Crippen MR) is 89.7 cm³/mol. The Hall–Kier alpha value is -2.52. The van der Waals surface area contributed by atoms with E-state index in [1.807, 2.05) is 6.07 Å². The maximum atomic E-state index is 5.10. The quantitative estimate of drug-likeness (QED) is 0.640. The summed E-state index contributed by atoms with van der Waals surface area (Å²) in [6, 6.07) is 19.1. The molecule has 0 atom stereocenters. The van der Waals surface area contributed by atoms with Crippen LogP contribution in [-0.4, -0.2) is 13.7 Å². The van der Waals surface area contributed by atoms with Crippen molar-refractivity contribution in [1.29, 1.82) is 0 Å². The van der Waals surface area contributed by atoms with Gasteiger partial charge in [-0.15, -0.1) is 0 Å². The molecule has 0 radical (unpaired) electrons.